The Kier molecular flexibility index (Phi) is 4.79. The average Bonchev–Trinajstić information content (AvgIpc) is 3.24. The van der Waals surface area contributed by atoms with Crippen LogP contribution in [0.25, 0.3) is 16.2 Å². The molecule has 0 saturated heterocycles. The van der Waals surface area contributed by atoms with E-state index in [0.717, 1.165) is 27.9 Å². The minimum atomic E-state index is -3.91. The van der Waals surface area contributed by atoms with Crippen molar-refractivity contribution in [2.45, 2.75) is 25.7 Å². The molecule has 0 bridgehead atoms. The molecule has 0 aliphatic carbocycles. The number of aryl methyl sites for hydroxylation is 3. The molecular weight excluding hydrogens is 408 g/mol. The topological polar surface area (TPSA) is 85.6 Å². The van der Waals surface area contributed by atoms with E-state index >= 15 is 0 Å². The van der Waals surface area contributed by atoms with Gasteiger partial charge in [0.2, 0.25) is 4.96 Å². The highest BCUT2D eigenvalue weighted by molar-refractivity contribution is 7.92. The summed E-state index contributed by atoms with van der Waals surface area (Å²) >= 11 is 1.40. The van der Waals surface area contributed by atoms with Gasteiger partial charge in [0.1, 0.15) is 10.6 Å². The normalized spacial score (nSPS) is 11.7. The zero-order chi connectivity index (χ0) is 20.8. The monoisotopic (exact) mass is 428 g/mol. The van der Waals surface area contributed by atoms with Crippen molar-refractivity contribution in [1.82, 2.24) is 14.6 Å². The van der Waals surface area contributed by atoms with Crippen molar-refractivity contribution in [3.05, 3.63) is 58.5 Å². The van der Waals surface area contributed by atoms with Crippen molar-refractivity contribution in [2.24, 2.45) is 0 Å². The fraction of sp³-hybridized carbons (Fsp3) is 0.200. The molecule has 0 aliphatic rings. The predicted molar refractivity (Wildman–Crippen MR) is 114 cm³/mol. The summed E-state index contributed by atoms with van der Waals surface area (Å²) in [5.74, 6) is 0.299. The molecule has 0 atom stereocenters. The number of aromatic nitrogens is 3. The minimum absolute atomic E-state index is 0.0190. The molecule has 2 aromatic heterocycles. The molecular formula is C20H20N4O3S2. The van der Waals surface area contributed by atoms with Gasteiger partial charge in [-0.3, -0.25) is 0 Å². The van der Waals surface area contributed by atoms with Gasteiger partial charge < -0.3 is 4.74 Å². The van der Waals surface area contributed by atoms with Crippen LogP contribution in [0, 0.1) is 20.8 Å². The van der Waals surface area contributed by atoms with E-state index in [1.165, 1.54) is 18.4 Å². The molecule has 0 radical (unpaired) electrons. The molecule has 0 unspecified atom stereocenters. The summed E-state index contributed by atoms with van der Waals surface area (Å²) in [6.07, 6.45) is 0. The summed E-state index contributed by atoms with van der Waals surface area (Å²) in [7, 11) is -2.47. The van der Waals surface area contributed by atoms with Gasteiger partial charge >= 0.3 is 0 Å². The molecule has 0 amide bonds. The molecule has 0 fully saturated rings. The van der Waals surface area contributed by atoms with E-state index in [-0.39, 0.29) is 16.6 Å². The second-order valence-electron chi connectivity index (χ2n) is 6.81. The molecule has 4 rings (SSSR count). The second kappa shape index (κ2) is 7.16. The molecule has 2 heterocycles. The maximum absolute atomic E-state index is 13.0. The van der Waals surface area contributed by atoms with Crippen LogP contribution < -0.4 is 9.46 Å². The van der Waals surface area contributed by atoms with E-state index in [1.54, 1.807) is 16.6 Å². The van der Waals surface area contributed by atoms with Crippen LogP contribution in [0.5, 0.6) is 5.75 Å². The lowest BCUT2D eigenvalue weighted by Gasteiger charge is -2.12. The fourth-order valence-corrected chi connectivity index (χ4v) is 4.96. The van der Waals surface area contributed by atoms with Crippen molar-refractivity contribution in [3.8, 4) is 17.0 Å². The minimum Gasteiger partial charge on any atom is -0.495 e. The van der Waals surface area contributed by atoms with Gasteiger partial charge in [-0.15, -0.1) is 16.4 Å². The van der Waals surface area contributed by atoms with Crippen LogP contribution in [-0.4, -0.2) is 30.1 Å². The number of hydrogen-bond acceptors (Lipinski definition) is 6. The molecule has 2 aromatic carbocycles. The Morgan fingerprint density at radius 1 is 1.07 bits per heavy atom. The Hall–Kier alpha value is -2.91. The number of ether oxygens (including phenoxy) is 1. The number of methoxy groups -OCH3 is 1. The summed E-state index contributed by atoms with van der Waals surface area (Å²) in [5.41, 5.74) is 4.80. The smallest absolute Gasteiger partial charge is 0.267 e. The van der Waals surface area contributed by atoms with Crippen LogP contribution in [0.15, 0.2) is 46.7 Å². The second-order valence-corrected chi connectivity index (χ2v) is 9.30. The number of nitrogens with zero attached hydrogens (tertiary/aromatic N) is 3. The van der Waals surface area contributed by atoms with Gasteiger partial charge in [-0.05, 0) is 44.0 Å². The number of nitrogens with one attached hydrogen (secondary N) is 1. The third kappa shape index (κ3) is 3.58. The first kappa shape index (κ1) is 19.4. The number of rotatable bonds is 5. The van der Waals surface area contributed by atoms with E-state index in [0.29, 0.717) is 4.96 Å². The zero-order valence-corrected chi connectivity index (χ0v) is 18.1. The number of anilines is 1. The zero-order valence-electron chi connectivity index (χ0n) is 16.4. The summed E-state index contributed by atoms with van der Waals surface area (Å²) in [6, 6.07) is 11.3. The molecule has 7 nitrogen and oxygen atoms in total. The number of fused-ring (bicyclic) bond motifs is 1. The molecule has 9 heteroatoms. The predicted octanol–water partition coefficient (Wildman–Crippen LogP) is 4.19. The van der Waals surface area contributed by atoms with Gasteiger partial charge in [0.15, 0.2) is 0 Å². The maximum atomic E-state index is 13.0. The van der Waals surface area contributed by atoms with Crippen LogP contribution in [-0.2, 0) is 10.0 Å². The quantitative estimate of drug-likeness (QED) is 0.515. The first-order valence-corrected chi connectivity index (χ1v) is 11.2. The van der Waals surface area contributed by atoms with Crippen molar-refractivity contribution in [3.63, 3.8) is 0 Å². The molecule has 1 N–H and O–H groups in total. The highest BCUT2D eigenvalue weighted by atomic mass is 32.2. The summed E-state index contributed by atoms with van der Waals surface area (Å²) < 4.78 is 35.3. The van der Waals surface area contributed by atoms with Crippen molar-refractivity contribution < 1.29 is 13.2 Å². The maximum Gasteiger partial charge on any atom is 0.267 e. The Balaban J connectivity index is 1.71. The Labute approximate surface area is 173 Å². The number of thiazole rings is 1. The van der Waals surface area contributed by atoms with E-state index < -0.39 is 10.0 Å². The summed E-state index contributed by atoms with van der Waals surface area (Å²) in [5, 5.41) is 6.31. The molecule has 0 aliphatic heterocycles. The molecule has 0 spiro atoms. The van der Waals surface area contributed by atoms with E-state index in [1.807, 2.05) is 50.4 Å². The Morgan fingerprint density at radius 3 is 2.45 bits per heavy atom. The summed E-state index contributed by atoms with van der Waals surface area (Å²) in [6.45, 7) is 5.78. The SMILES string of the molecule is COc1cc(C)c(C)cc1S(=O)(=O)Nc1nc2scc(-c3ccc(C)cc3)n2n1. The fourth-order valence-electron chi connectivity index (χ4n) is 2.96. The van der Waals surface area contributed by atoms with Crippen molar-refractivity contribution in [2.75, 3.05) is 11.8 Å². The average molecular weight is 429 g/mol. The van der Waals surface area contributed by atoms with Crippen LogP contribution >= 0.6 is 11.3 Å². The Bertz CT molecular complexity index is 1310. The number of sulfonamides is 1. The molecule has 29 heavy (non-hydrogen) atoms. The standard InChI is InChI=1S/C20H20N4O3S2/c1-12-5-7-15(8-6-12)16-11-28-20-21-19(22-24(16)20)23-29(25,26)18-10-14(3)13(2)9-17(18)27-4/h5-11H,1-4H3,(H,22,23). The van der Waals surface area contributed by atoms with Crippen LogP contribution in [0.1, 0.15) is 16.7 Å². The van der Waals surface area contributed by atoms with Gasteiger partial charge in [-0.2, -0.15) is 4.98 Å². The molecule has 0 saturated carbocycles. The van der Waals surface area contributed by atoms with Crippen LogP contribution in [0.4, 0.5) is 5.95 Å². The van der Waals surface area contributed by atoms with Gasteiger partial charge in [0, 0.05) is 10.9 Å². The van der Waals surface area contributed by atoms with E-state index in [9.17, 15) is 8.42 Å². The van der Waals surface area contributed by atoms with Crippen LogP contribution in [0.2, 0.25) is 0 Å². The lowest BCUT2D eigenvalue weighted by molar-refractivity contribution is 0.402. The van der Waals surface area contributed by atoms with Gasteiger partial charge in [-0.1, -0.05) is 29.8 Å². The third-order valence-electron chi connectivity index (χ3n) is 4.72. The third-order valence-corrected chi connectivity index (χ3v) is 6.89. The highest BCUT2D eigenvalue weighted by Crippen LogP contribution is 2.30. The van der Waals surface area contributed by atoms with Crippen molar-refractivity contribution >= 4 is 32.3 Å². The number of hydrogen-bond donors (Lipinski definition) is 1. The van der Waals surface area contributed by atoms with Gasteiger partial charge in [-0.25, -0.2) is 17.7 Å². The molecule has 150 valence electrons. The summed E-state index contributed by atoms with van der Waals surface area (Å²) in [4.78, 5) is 4.98. The van der Waals surface area contributed by atoms with E-state index in [4.69, 9.17) is 4.74 Å². The largest absolute Gasteiger partial charge is 0.495 e. The van der Waals surface area contributed by atoms with Gasteiger partial charge in [0.05, 0.1) is 12.8 Å². The highest BCUT2D eigenvalue weighted by Gasteiger charge is 2.23. The van der Waals surface area contributed by atoms with Crippen molar-refractivity contribution in [1.29, 1.82) is 0 Å². The lowest BCUT2D eigenvalue weighted by atomic mass is 10.1. The number of benzene rings is 2. The Morgan fingerprint density at radius 2 is 1.76 bits per heavy atom. The molecule has 4 aromatic rings. The van der Waals surface area contributed by atoms with Crippen LogP contribution in [0.3, 0.4) is 0 Å². The van der Waals surface area contributed by atoms with E-state index in [2.05, 4.69) is 14.8 Å². The lowest BCUT2D eigenvalue weighted by Crippen LogP contribution is -2.15. The first-order chi connectivity index (χ1) is 13.8. The first-order valence-electron chi connectivity index (χ1n) is 8.88. The van der Waals surface area contributed by atoms with Gasteiger partial charge in [0.25, 0.3) is 16.0 Å².